The summed E-state index contributed by atoms with van der Waals surface area (Å²) in [6.45, 7) is 4.01. The van der Waals surface area contributed by atoms with Crippen molar-refractivity contribution in [3.05, 3.63) is 29.3 Å². The summed E-state index contributed by atoms with van der Waals surface area (Å²) >= 11 is 0. The Morgan fingerprint density at radius 3 is 2.62 bits per heavy atom. The van der Waals surface area contributed by atoms with Crippen LogP contribution in [0.1, 0.15) is 30.9 Å². The molecule has 1 aliphatic rings. The first-order valence-electron chi connectivity index (χ1n) is 6.99. The molecule has 2 atom stereocenters. The van der Waals surface area contributed by atoms with Gasteiger partial charge in [0, 0.05) is 18.3 Å². The van der Waals surface area contributed by atoms with E-state index in [-0.39, 0.29) is 23.1 Å². The number of amides is 1. The SMILES string of the molecule is Cc1ccc(NC(=O)C2CCC(C)NC2)cc1C(F)(F)F. The topological polar surface area (TPSA) is 41.1 Å². The third-order valence-electron chi connectivity index (χ3n) is 3.84. The Hall–Kier alpha value is -1.56. The zero-order valence-electron chi connectivity index (χ0n) is 12.1. The summed E-state index contributed by atoms with van der Waals surface area (Å²) in [5.74, 6) is -0.428. The zero-order chi connectivity index (χ0) is 15.6. The summed E-state index contributed by atoms with van der Waals surface area (Å²) in [6, 6.07) is 4.25. The van der Waals surface area contributed by atoms with Gasteiger partial charge in [-0.25, -0.2) is 0 Å². The Kier molecular flexibility index (Phi) is 4.56. The molecule has 1 amide bonds. The van der Waals surface area contributed by atoms with Crippen molar-refractivity contribution in [2.45, 2.75) is 38.9 Å². The minimum atomic E-state index is -4.41. The first kappa shape index (κ1) is 15.8. The maximum absolute atomic E-state index is 12.8. The second kappa shape index (κ2) is 6.05. The average Bonchev–Trinajstić information content (AvgIpc) is 2.40. The Morgan fingerprint density at radius 1 is 1.33 bits per heavy atom. The molecule has 1 saturated heterocycles. The van der Waals surface area contributed by atoms with Crippen LogP contribution in [0.3, 0.4) is 0 Å². The van der Waals surface area contributed by atoms with Gasteiger partial charge in [0.1, 0.15) is 0 Å². The van der Waals surface area contributed by atoms with E-state index in [1.165, 1.54) is 19.1 Å². The van der Waals surface area contributed by atoms with Gasteiger partial charge in [0.2, 0.25) is 5.91 Å². The van der Waals surface area contributed by atoms with Gasteiger partial charge < -0.3 is 10.6 Å². The molecule has 2 N–H and O–H groups in total. The fraction of sp³-hybridized carbons (Fsp3) is 0.533. The minimum absolute atomic E-state index is 0.147. The molecule has 0 bridgehead atoms. The van der Waals surface area contributed by atoms with Crippen molar-refractivity contribution < 1.29 is 18.0 Å². The van der Waals surface area contributed by atoms with Crippen LogP contribution in [0.15, 0.2) is 18.2 Å². The standard InChI is InChI=1S/C15H19F3N2O/c1-9-3-6-12(7-13(9)15(16,17)18)20-14(21)11-5-4-10(2)19-8-11/h3,6-7,10-11,19H,4-5,8H2,1-2H3,(H,20,21). The van der Waals surface area contributed by atoms with Crippen molar-refractivity contribution in [3.63, 3.8) is 0 Å². The van der Waals surface area contributed by atoms with Crippen LogP contribution in [0, 0.1) is 12.8 Å². The highest BCUT2D eigenvalue weighted by Gasteiger charge is 2.33. The summed E-state index contributed by atoms with van der Waals surface area (Å²) in [5.41, 5.74) is -0.374. The van der Waals surface area contributed by atoms with Gasteiger partial charge >= 0.3 is 6.18 Å². The number of benzene rings is 1. The number of piperidine rings is 1. The predicted octanol–water partition coefficient (Wildman–Crippen LogP) is 3.34. The first-order chi connectivity index (χ1) is 9.77. The van der Waals surface area contributed by atoms with E-state index >= 15 is 0 Å². The van der Waals surface area contributed by atoms with E-state index in [2.05, 4.69) is 10.6 Å². The minimum Gasteiger partial charge on any atom is -0.326 e. The molecule has 1 aliphatic heterocycles. The lowest BCUT2D eigenvalue weighted by molar-refractivity contribution is -0.138. The Bertz CT molecular complexity index is 520. The summed E-state index contributed by atoms with van der Waals surface area (Å²) in [7, 11) is 0. The number of rotatable bonds is 2. The number of carbonyl (C=O) groups excluding carboxylic acids is 1. The van der Waals surface area contributed by atoms with Crippen LogP contribution in [0.5, 0.6) is 0 Å². The van der Waals surface area contributed by atoms with E-state index in [1.807, 2.05) is 6.92 Å². The molecule has 1 aromatic carbocycles. The molecule has 2 unspecified atom stereocenters. The number of anilines is 1. The number of hydrogen-bond donors (Lipinski definition) is 2. The summed E-state index contributed by atoms with van der Waals surface area (Å²) in [6.07, 6.45) is -2.77. The smallest absolute Gasteiger partial charge is 0.326 e. The van der Waals surface area contributed by atoms with Gasteiger partial charge in [0.25, 0.3) is 0 Å². The van der Waals surface area contributed by atoms with Gasteiger partial charge in [-0.15, -0.1) is 0 Å². The molecule has 2 rings (SSSR count). The fourth-order valence-electron chi connectivity index (χ4n) is 2.47. The number of aryl methyl sites for hydroxylation is 1. The molecule has 1 fully saturated rings. The van der Waals surface area contributed by atoms with Crippen LogP contribution in [-0.4, -0.2) is 18.5 Å². The first-order valence-corrected chi connectivity index (χ1v) is 6.99. The van der Waals surface area contributed by atoms with Crippen LogP contribution in [0.25, 0.3) is 0 Å². The lowest BCUT2D eigenvalue weighted by Gasteiger charge is -2.26. The van der Waals surface area contributed by atoms with Crippen molar-refractivity contribution in [1.82, 2.24) is 5.32 Å². The van der Waals surface area contributed by atoms with Crippen molar-refractivity contribution in [1.29, 1.82) is 0 Å². The zero-order valence-corrected chi connectivity index (χ0v) is 12.1. The number of nitrogens with one attached hydrogen (secondary N) is 2. The van der Waals surface area contributed by atoms with Gasteiger partial charge in [-0.05, 0) is 44.4 Å². The van der Waals surface area contributed by atoms with Gasteiger partial charge in [0.05, 0.1) is 11.5 Å². The van der Waals surface area contributed by atoms with E-state index in [0.29, 0.717) is 12.6 Å². The number of hydrogen-bond acceptors (Lipinski definition) is 2. The average molecular weight is 300 g/mol. The van der Waals surface area contributed by atoms with Crippen molar-refractivity contribution in [3.8, 4) is 0 Å². The predicted molar refractivity (Wildman–Crippen MR) is 75.0 cm³/mol. The summed E-state index contributed by atoms with van der Waals surface area (Å²) in [5, 5.41) is 5.79. The van der Waals surface area contributed by atoms with Gasteiger partial charge in [0.15, 0.2) is 0 Å². The summed E-state index contributed by atoms with van der Waals surface area (Å²) in [4.78, 5) is 12.1. The van der Waals surface area contributed by atoms with Crippen LogP contribution < -0.4 is 10.6 Å². The molecule has 0 saturated carbocycles. The van der Waals surface area contributed by atoms with Crippen LogP contribution in [0.4, 0.5) is 18.9 Å². The molecule has 1 heterocycles. The molecule has 0 aliphatic carbocycles. The van der Waals surface area contributed by atoms with Gasteiger partial charge in [-0.1, -0.05) is 6.07 Å². The van der Waals surface area contributed by atoms with Crippen LogP contribution in [0.2, 0.25) is 0 Å². The molecule has 0 aromatic heterocycles. The Labute approximate surface area is 121 Å². The molecular weight excluding hydrogens is 281 g/mol. The molecule has 6 heteroatoms. The monoisotopic (exact) mass is 300 g/mol. The normalized spacial score (nSPS) is 22.9. The second-order valence-electron chi connectivity index (χ2n) is 5.60. The Morgan fingerprint density at radius 2 is 2.05 bits per heavy atom. The number of alkyl halides is 3. The quantitative estimate of drug-likeness (QED) is 0.879. The third kappa shape index (κ3) is 3.97. The molecule has 116 valence electrons. The van der Waals surface area contributed by atoms with E-state index < -0.39 is 11.7 Å². The maximum atomic E-state index is 12.8. The van der Waals surface area contributed by atoms with E-state index in [4.69, 9.17) is 0 Å². The van der Waals surface area contributed by atoms with Gasteiger partial charge in [-0.3, -0.25) is 4.79 Å². The highest BCUT2D eigenvalue weighted by atomic mass is 19.4. The molecule has 3 nitrogen and oxygen atoms in total. The maximum Gasteiger partial charge on any atom is 0.416 e. The second-order valence-corrected chi connectivity index (χ2v) is 5.60. The lowest BCUT2D eigenvalue weighted by Crippen LogP contribution is -2.41. The Balaban J connectivity index is 2.08. The molecule has 21 heavy (non-hydrogen) atoms. The highest BCUT2D eigenvalue weighted by Crippen LogP contribution is 2.33. The summed E-state index contributed by atoms with van der Waals surface area (Å²) < 4.78 is 38.5. The van der Waals surface area contributed by atoms with Crippen molar-refractivity contribution >= 4 is 11.6 Å². The molecule has 0 radical (unpaired) electrons. The third-order valence-corrected chi connectivity index (χ3v) is 3.84. The molecular formula is C15H19F3N2O. The molecule has 1 aromatic rings. The molecule has 0 spiro atoms. The van der Waals surface area contributed by atoms with Crippen molar-refractivity contribution in [2.24, 2.45) is 5.92 Å². The van der Waals surface area contributed by atoms with E-state index in [9.17, 15) is 18.0 Å². The van der Waals surface area contributed by atoms with Crippen LogP contribution >= 0.6 is 0 Å². The largest absolute Gasteiger partial charge is 0.416 e. The number of carbonyl (C=O) groups is 1. The van der Waals surface area contributed by atoms with Gasteiger partial charge in [-0.2, -0.15) is 13.2 Å². The van der Waals surface area contributed by atoms with Crippen LogP contribution in [-0.2, 0) is 11.0 Å². The number of halogens is 3. The lowest BCUT2D eigenvalue weighted by atomic mass is 9.94. The van der Waals surface area contributed by atoms with E-state index in [0.717, 1.165) is 18.9 Å². The van der Waals surface area contributed by atoms with E-state index in [1.54, 1.807) is 0 Å². The highest BCUT2D eigenvalue weighted by molar-refractivity contribution is 5.92. The van der Waals surface area contributed by atoms with Crippen molar-refractivity contribution in [2.75, 3.05) is 11.9 Å². The fourth-order valence-corrected chi connectivity index (χ4v) is 2.47.